The summed E-state index contributed by atoms with van der Waals surface area (Å²) in [5.41, 5.74) is 12.3. The Hall–Kier alpha value is -4.20. The highest BCUT2D eigenvalue weighted by molar-refractivity contribution is 9.10. The van der Waals surface area contributed by atoms with E-state index in [1.54, 1.807) is 0 Å². The number of rotatable bonds is 2. The minimum absolute atomic E-state index is 0.438. The van der Waals surface area contributed by atoms with Crippen LogP contribution in [0.2, 0.25) is 0 Å². The maximum atomic E-state index is 4.04. The largest absolute Gasteiger partial charge is 0.0731 e. The first-order valence-corrected chi connectivity index (χ1v) is 14.3. The fourth-order valence-electron chi connectivity index (χ4n) is 7.60. The van der Waals surface area contributed by atoms with Gasteiger partial charge in [0.1, 0.15) is 0 Å². The molecule has 0 saturated heterocycles. The quantitative estimate of drug-likeness (QED) is 0.197. The van der Waals surface area contributed by atoms with Crippen LogP contribution in [0.25, 0.3) is 11.1 Å². The summed E-state index contributed by atoms with van der Waals surface area (Å²) >= 11 is 4.04. The van der Waals surface area contributed by atoms with Gasteiger partial charge in [-0.25, -0.2) is 0 Å². The normalized spacial score (nSPS) is 15.2. The van der Waals surface area contributed by atoms with Crippen molar-refractivity contribution in [3.8, 4) is 11.1 Å². The van der Waals surface area contributed by atoms with Crippen molar-refractivity contribution in [3.63, 3.8) is 0 Å². The monoisotopic (exact) mass is 560 g/mol. The van der Waals surface area contributed by atoms with Crippen LogP contribution in [-0.4, -0.2) is 0 Å². The van der Waals surface area contributed by atoms with Gasteiger partial charge in [-0.05, 0) is 61.7 Å². The number of hydrogen-bond acceptors (Lipinski definition) is 0. The molecule has 0 atom stereocenters. The first-order valence-electron chi connectivity index (χ1n) is 13.5. The van der Waals surface area contributed by atoms with Gasteiger partial charge in [-0.1, -0.05) is 162 Å². The highest BCUT2D eigenvalue weighted by atomic mass is 79.9. The topological polar surface area (TPSA) is 0 Å². The zero-order valence-corrected chi connectivity index (χ0v) is 22.9. The van der Waals surface area contributed by atoms with Gasteiger partial charge in [0.15, 0.2) is 0 Å². The second-order valence-electron chi connectivity index (χ2n) is 10.5. The minimum Gasteiger partial charge on any atom is -0.0622 e. The number of hydrogen-bond donors (Lipinski definition) is 0. The van der Waals surface area contributed by atoms with Crippen LogP contribution in [0.1, 0.15) is 44.5 Å². The Bertz CT molecular complexity index is 1780. The van der Waals surface area contributed by atoms with Gasteiger partial charge in [-0.15, -0.1) is 0 Å². The molecule has 0 nitrogen and oxygen atoms in total. The van der Waals surface area contributed by atoms with Crippen LogP contribution in [0.15, 0.2) is 156 Å². The molecule has 0 fully saturated rings. The molecule has 0 saturated carbocycles. The van der Waals surface area contributed by atoms with E-state index in [0.717, 1.165) is 4.47 Å². The molecule has 8 rings (SSSR count). The van der Waals surface area contributed by atoms with E-state index in [1.165, 1.54) is 55.6 Å². The summed E-state index contributed by atoms with van der Waals surface area (Å²) in [4.78, 5) is 0. The van der Waals surface area contributed by atoms with Crippen LogP contribution < -0.4 is 0 Å². The van der Waals surface area contributed by atoms with Gasteiger partial charge < -0.3 is 0 Å². The highest BCUT2D eigenvalue weighted by Crippen LogP contribution is 2.65. The first kappa shape index (κ1) is 22.8. The number of fused-ring (bicyclic) bond motifs is 9. The Morgan fingerprint density at radius 3 is 1.28 bits per heavy atom. The van der Waals surface area contributed by atoms with Crippen LogP contribution in [0.5, 0.6) is 0 Å². The average Bonchev–Trinajstić information content (AvgIpc) is 3.31. The molecule has 0 amide bonds. The van der Waals surface area contributed by atoms with Gasteiger partial charge in [0.2, 0.25) is 0 Å². The highest BCUT2D eigenvalue weighted by Gasteiger charge is 2.57. The van der Waals surface area contributed by atoms with E-state index in [1.807, 2.05) is 0 Å². The lowest BCUT2D eigenvalue weighted by molar-refractivity contribution is 0.622. The van der Waals surface area contributed by atoms with Gasteiger partial charge in [-0.3, -0.25) is 0 Å². The van der Waals surface area contributed by atoms with Gasteiger partial charge in [0, 0.05) is 4.47 Å². The molecule has 6 aromatic carbocycles. The third-order valence-corrected chi connectivity index (χ3v) is 9.55. The van der Waals surface area contributed by atoms with Crippen LogP contribution in [0.3, 0.4) is 0 Å². The van der Waals surface area contributed by atoms with E-state index < -0.39 is 10.8 Å². The van der Waals surface area contributed by atoms with E-state index in [0.29, 0.717) is 0 Å². The average molecular weight is 562 g/mol. The van der Waals surface area contributed by atoms with Gasteiger partial charge in [-0.2, -0.15) is 0 Å². The second kappa shape index (κ2) is 8.40. The van der Waals surface area contributed by atoms with Crippen LogP contribution in [0, 0.1) is 0 Å². The minimum atomic E-state index is -0.458. The van der Waals surface area contributed by atoms with Crippen molar-refractivity contribution in [2.24, 2.45) is 0 Å². The van der Waals surface area contributed by atoms with E-state index in [2.05, 4.69) is 168 Å². The van der Waals surface area contributed by atoms with Crippen molar-refractivity contribution in [2.45, 2.75) is 10.8 Å². The van der Waals surface area contributed by atoms with Crippen molar-refractivity contribution >= 4 is 15.9 Å². The summed E-state index contributed by atoms with van der Waals surface area (Å²) in [7, 11) is 0. The molecule has 2 aliphatic carbocycles. The zero-order chi connectivity index (χ0) is 26.0. The number of benzene rings is 6. The third-order valence-electron chi connectivity index (χ3n) is 8.89. The maximum absolute atomic E-state index is 4.04. The lowest BCUT2D eigenvalue weighted by Gasteiger charge is -2.50. The van der Waals surface area contributed by atoms with E-state index >= 15 is 0 Å². The van der Waals surface area contributed by atoms with Crippen molar-refractivity contribution in [3.05, 3.63) is 201 Å². The molecule has 0 aromatic heterocycles. The molecular formula is C38H25Br. The second-order valence-corrected chi connectivity index (χ2v) is 11.4. The standard InChI is InChI=1S/C38H25Br/c39-35-25-13-19-29-28-18-7-8-20-30(28)38(36(29)35)33-23-11-9-21-31(33)37(26-14-3-1-4-15-26,27-16-5-2-6-17-27)32-22-10-12-24-34(32)38/h1-25H. The predicted molar refractivity (Wildman–Crippen MR) is 163 cm³/mol. The molecule has 0 radical (unpaired) electrons. The molecule has 0 unspecified atom stereocenters. The summed E-state index contributed by atoms with van der Waals surface area (Å²) in [5.74, 6) is 0. The molecule has 39 heavy (non-hydrogen) atoms. The summed E-state index contributed by atoms with van der Waals surface area (Å²) in [5, 5.41) is 0. The lowest BCUT2D eigenvalue weighted by Crippen LogP contribution is -2.44. The summed E-state index contributed by atoms with van der Waals surface area (Å²) < 4.78 is 1.15. The molecule has 0 aliphatic heterocycles. The van der Waals surface area contributed by atoms with Crippen LogP contribution >= 0.6 is 15.9 Å². The number of halogens is 1. The molecule has 2 aliphatic rings. The molecule has 0 N–H and O–H groups in total. The summed E-state index contributed by atoms with van der Waals surface area (Å²) in [6.07, 6.45) is 0. The summed E-state index contributed by atoms with van der Waals surface area (Å²) in [6, 6.07) is 56.1. The van der Waals surface area contributed by atoms with E-state index in [-0.39, 0.29) is 0 Å². The van der Waals surface area contributed by atoms with Crippen LogP contribution in [0.4, 0.5) is 0 Å². The molecule has 0 heterocycles. The fourth-order valence-corrected chi connectivity index (χ4v) is 8.26. The van der Waals surface area contributed by atoms with Gasteiger partial charge in [0.05, 0.1) is 10.8 Å². The fraction of sp³-hybridized carbons (Fsp3) is 0.0526. The zero-order valence-electron chi connectivity index (χ0n) is 21.3. The van der Waals surface area contributed by atoms with Crippen molar-refractivity contribution < 1.29 is 0 Å². The van der Waals surface area contributed by atoms with Crippen molar-refractivity contribution in [1.29, 1.82) is 0 Å². The lowest BCUT2D eigenvalue weighted by atomic mass is 9.51. The smallest absolute Gasteiger partial charge is 0.0622 e. The Morgan fingerprint density at radius 1 is 0.333 bits per heavy atom. The van der Waals surface area contributed by atoms with Crippen molar-refractivity contribution in [1.82, 2.24) is 0 Å². The maximum Gasteiger partial charge on any atom is 0.0731 e. The molecule has 0 bridgehead atoms. The molecular weight excluding hydrogens is 536 g/mol. The van der Waals surface area contributed by atoms with Crippen molar-refractivity contribution in [2.75, 3.05) is 0 Å². The predicted octanol–water partition coefficient (Wildman–Crippen LogP) is 9.51. The molecule has 1 heteroatoms. The first-order chi connectivity index (χ1) is 19.3. The molecule has 184 valence electrons. The Kier molecular flexibility index (Phi) is 4.90. The van der Waals surface area contributed by atoms with Crippen LogP contribution in [-0.2, 0) is 10.8 Å². The van der Waals surface area contributed by atoms with Gasteiger partial charge in [0.25, 0.3) is 0 Å². The SMILES string of the molecule is Brc1cccc2c1C1(c3ccccc3-2)c2ccccc2C(c2ccccc2)(c2ccccc2)c2ccccc21. The Morgan fingerprint density at radius 2 is 0.744 bits per heavy atom. The molecule has 6 aromatic rings. The van der Waals surface area contributed by atoms with Gasteiger partial charge >= 0.3 is 0 Å². The Balaban J connectivity index is 1.63. The molecule has 1 spiro atoms. The summed E-state index contributed by atoms with van der Waals surface area (Å²) in [6.45, 7) is 0. The Labute approximate surface area is 237 Å². The van der Waals surface area contributed by atoms with E-state index in [9.17, 15) is 0 Å². The van der Waals surface area contributed by atoms with E-state index in [4.69, 9.17) is 0 Å². The third kappa shape index (κ3) is 2.78.